The molecule has 1 aromatic heterocycles. The van der Waals surface area contributed by atoms with Crippen LogP contribution in [-0.4, -0.2) is 42.0 Å². The van der Waals surface area contributed by atoms with Crippen LogP contribution in [0.15, 0.2) is 29.8 Å². The number of carboxylic acids is 1. The number of nitrogens with zero attached hydrogens (tertiary/aromatic N) is 2. The quantitative estimate of drug-likeness (QED) is 0.784. The standard InChI is InChI=1S/C11H16N2O4S/c1-4-6-12(3)18(16,17)9-7-10(11(14)15)13(5-2)8-9/h4,7-8H,1,5-6H2,2-3H3,(H,14,15). The van der Waals surface area contributed by atoms with Gasteiger partial charge in [0, 0.05) is 26.3 Å². The Bertz CT molecular complexity index is 560. The first-order chi connectivity index (χ1) is 8.34. The van der Waals surface area contributed by atoms with Gasteiger partial charge in [-0.05, 0) is 13.0 Å². The zero-order valence-corrected chi connectivity index (χ0v) is 11.1. The summed E-state index contributed by atoms with van der Waals surface area (Å²) in [5, 5.41) is 8.97. The van der Waals surface area contributed by atoms with Gasteiger partial charge in [0.15, 0.2) is 0 Å². The van der Waals surface area contributed by atoms with Gasteiger partial charge in [-0.1, -0.05) is 6.08 Å². The Morgan fingerprint density at radius 2 is 2.22 bits per heavy atom. The molecule has 0 aliphatic carbocycles. The van der Waals surface area contributed by atoms with Gasteiger partial charge in [-0.2, -0.15) is 4.31 Å². The van der Waals surface area contributed by atoms with Gasteiger partial charge in [-0.25, -0.2) is 13.2 Å². The molecular formula is C11H16N2O4S. The maximum Gasteiger partial charge on any atom is 0.352 e. The summed E-state index contributed by atoms with van der Waals surface area (Å²) in [5.41, 5.74) is -0.0388. The number of carbonyl (C=O) groups is 1. The molecule has 0 saturated heterocycles. The maximum absolute atomic E-state index is 12.1. The summed E-state index contributed by atoms with van der Waals surface area (Å²) in [4.78, 5) is 10.9. The number of likely N-dealkylation sites (N-methyl/N-ethyl adjacent to an activating group) is 1. The van der Waals surface area contributed by atoms with Crippen LogP contribution < -0.4 is 0 Å². The molecule has 1 heterocycles. The van der Waals surface area contributed by atoms with Gasteiger partial charge < -0.3 is 9.67 Å². The Balaban J connectivity index is 3.26. The predicted molar refractivity (Wildman–Crippen MR) is 67.1 cm³/mol. The minimum absolute atomic E-state index is 0.0221. The highest BCUT2D eigenvalue weighted by molar-refractivity contribution is 7.89. The summed E-state index contributed by atoms with van der Waals surface area (Å²) in [5.74, 6) is -1.15. The van der Waals surface area contributed by atoms with E-state index in [1.54, 1.807) is 6.92 Å². The maximum atomic E-state index is 12.1. The van der Waals surface area contributed by atoms with Crippen molar-refractivity contribution in [2.45, 2.75) is 18.4 Å². The molecule has 1 rings (SSSR count). The van der Waals surface area contributed by atoms with Crippen LogP contribution in [0.4, 0.5) is 0 Å². The molecule has 0 amide bonds. The number of aryl methyl sites for hydroxylation is 1. The van der Waals surface area contributed by atoms with E-state index in [1.165, 1.54) is 30.0 Å². The Labute approximate surface area is 106 Å². The Hall–Kier alpha value is -1.60. The van der Waals surface area contributed by atoms with Crippen molar-refractivity contribution in [2.24, 2.45) is 0 Å². The smallest absolute Gasteiger partial charge is 0.352 e. The molecule has 0 unspecified atom stereocenters. The summed E-state index contributed by atoms with van der Waals surface area (Å²) >= 11 is 0. The third kappa shape index (κ3) is 2.62. The molecule has 0 atom stereocenters. The fourth-order valence-corrected chi connectivity index (χ4v) is 2.71. The van der Waals surface area contributed by atoms with Crippen LogP contribution in [0.2, 0.25) is 0 Å². The molecule has 0 aromatic carbocycles. The fraction of sp³-hybridized carbons (Fsp3) is 0.364. The van der Waals surface area contributed by atoms with E-state index in [-0.39, 0.29) is 17.1 Å². The topological polar surface area (TPSA) is 79.6 Å². The van der Waals surface area contributed by atoms with Crippen molar-refractivity contribution < 1.29 is 18.3 Å². The normalized spacial score (nSPS) is 11.7. The van der Waals surface area contributed by atoms with Crippen LogP contribution >= 0.6 is 0 Å². The third-order valence-electron chi connectivity index (χ3n) is 2.53. The number of carboxylic acid groups (broad SMARTS) is 1. The van der Waals surface area contributed by atoms with Gasteiger partial charge in [-0.15, -0.1) is 6.58 Å². The zero-order valence-electron chi connectivity index (χ0n) is 10.3. The second kappa shape index (κ2) is 5.36. The Morgan fingerprint density at radius 1 is 1.61 bits per heavy atom. The van der Waals surface area contributed by atoms with Crippen molar-refractivity contribution >= 4 is 16.0 Å². The third-order valence-corrected chi connectivity index (χ3v) is 4.31. The first kappa shape index (κ1) is 14.5. The molecule has 0 spiro atoms. The minimum atomic E-state index is -3.67. The lowest BCUT2D eigenvalue weighted by atomic mass is 10.4. The average Bonchev–Trinajstić information content (AvgIpc) is 2.73. The molecule has 18 heavy (non-hydrogen) atoms. The Kier molecular flexibility index (Phi) is 4.31. The first-order valence-electron chi connectivity index (χ1n) is 5.35. The number of aromatic carboxylic acids is 1. The summed E-state index contributed by atoms with van der Waals surface area (Å²) in [6.45, 7) is 5.78. The van der Waals surface area contributed by atoms with Gasteiger partial charge in [0.05, 0.1) is 0 Å². The van der Waals surface area contributed by atoms with E-state index in [4.69, 9.17) is 5.11 Å². The van der Waals surface area contributed by atoms with E-state index in [9.17, 15) is 13.2 Å². The van der Waals surface area contributed by atoms with Crippen molar-refractivity contribution in [2.75, 3.05) is 13.6 Å². The van der Waals surface area contributed by atoms with Crippen LogP contribution in [0.25, 0.3) is 0 Å². The Morgan fingerprint density at radius 3 is 2.61 bits per heavy atom. The molecule has 100 valence electrons. The highest BCUT2D eigenvalue weighted by Crippen LogP contribution is 2.18. The molecule has 7 heteroatoms. The van der Waals surface area contributed by atoms with Crippen molar-refractivity contribution in [3.63, 3.8) is 0 Å². The molecule has 0 aliphatic rings. The summed E-state index contributed by atoms with van der Waals surface area (Å²) in [7, 11) is -2.25. The summed E-state index contributed by atoms with van der Waals surface area (Å²) < 4.78 is 26.7. The van der Waals surface area contributed by atoms with E-state index >= 15 is 0 Å². The largest absolute Gasteiger partial charge is 0.477 e. The molecule has 0 saturated carbocycles. The molecular weight excluding hydrogens is 256 g/mol. The first-order valence-corrected chi connectivity index (χ1v) is 6.79. The molecule has 0 radical (unpaired) electrons. The van der Waals surface area contributed by atoms with E-state index < -0.39 is 16.0 Å². The van der Waals surface area contributed by atoms with Crippen molar-refractivity contribution in [3.05, 3.63) is 30.6 Å². The summed E-state index contributed by atoms with van der Waals surface area (Å²) in [6, 6.07) is 1.17. The lowest BCUT2D eigenvalue weighted by Crippen LogP contribution is -2.26. The van der Waals surface area contributed by atoms with Crippen LogP contribution in [0.3, 0.4) is 0 Å². The van der Waals surface area contributed by atoms with Crippen molar-refractivity contribution in [3.8, 4) is 0 Å². The minimum Gasteiger partial charge on any atom is -0.477 e. The second-order valence-electron chi connectivity index (χ2n) is 3.73. The number of hydrogen-bond donors (Lipinski definition) is 1. The molecule has 6 nitrogen and oxygen atoms in total. The molecule has 1 N–H and O–H groups in total. The van der Waals surface area contributed by atoms with Crippen LogP contribution in [-0.2, 0) is 16.6 Å². The zero-order chi connectivity index (χ0) is 13.9. The highest BCUT2D eigenvalue weighted by Gasteiger charge is 2.24. The van der Waals surface area contributed by atoms with Crippen molar-refractivity contribution in [1.82, 2.24) is 8.87 Å². The van der Waals surface area contributed by atoms with Gasteiger partial charge >= 0.3 is 5.97 Å². The molecule has 0 fully saturated rings. The van der Waals surface area contributed by atoms with Gasteiger partial charge in [0.1, 0.15) is 10.6 Å². The highest BCUT2D eigenvalue weighted by atomic mass is 32.2. The SMILES string of the molecule is C=CCN(C)S(=O)(=O)c1cc(C(=O)O)n(CC)c1. The van der Waals surface area contributed by atoms with E-state index in [0.29, 0.717) is 6.54 Å². The molecule has 0 aliphatic heterocycles. The lowest BCUT2D eigenvalue weighted by Gasteiger charge is -2.13. The fourth-order valence-electron chi connectivity index (χ4n) is 1.53. The summed E-state index contributed by atoms with van der Waals surface area (Å²) in [6.07, 6.45) is 2.80. The van der Waals surface area contributed by atoms with E-state index in [2.05, 4.69) is 6.58 Å². The van der Waals surface area contributed by atoms with Crippen LogP contribution in [0.5, 0.6) is 0 Å². The average molecular weight is 272 g/mol. The van der Waals surface area contributed by atoms with E-state index in [0.717, 1.165) is 4.31 Å². The second-order valence-corrected chi connectivity index (χ2v) is 5.77. The monoisotopic (exact) mass is 272 g/mol. The van der Waals surface area contributed by atoms with Crippen molar-refractivity contribution in [1.29, 1.82) is 0 Å². The number of rotatable bonds is 6. The van der Waals surface area contributed by atoms with Crippen LogP contribution in [0.1, 0.15) is 17.4 Å². The van der Waals surface area contributed by atoms with Gasteiger partial charge in [0.25, 0.3) is 0 Å². The lowest BCUT2D eigenvalue weighted by molar-refractivity contribution is 0.0685. The number of sulfonamides is 1. The molecule has 0 bridgehead atoms. The molecule has 1 aromatic rings. The number of aromatic nitrogens is 1. The van der Waals surface area contributed by atoms with Crippen LogP contribution in [0, 0.1) is 0 Å². The van der Waals surface area contributed by atoms with E-state index in [1.807, 2.05) is 0 Å². The predicted octanol–water partition coefficient (Wildman–Crippen LogP) is 1.01. The van der Waals surface area contributed by atoms with Gasteiger partial charge in [-0.3, -0.25) is 0 Å². The number of hydrogen-bond acceptors (Lipinski definition) is 3. The van der Waals surface area contributed by atoms with Gasteiger partial charge in [0.2, 0.25) is 10.0 Å².